The third kappa shape index (κ3) is 4.96. The number of hydrogen-bond acceptors (Lipinski definition) is 5. The molecule has 0 spiro atoms. The molecular weight excluding hydrogens is 524 g/mol. The van der Waals surface area contributed by atoms with Crippen LogP contribution in [0.15, 0.2) is 66.7 Å². The number of nitrogens with zero attached hydrogens (tertiary/aromatic N) is 3. The topological polar surface area (TPSA) is 105 Å². The Hall–Kier alpha value is -4.14. The third-order valence-corrected chi connectivity index (χ3v) is 8.08. The van der Waals surface area contributed by atoms with Gasteiger partial charge < -0.3 is 16.4 Å². The number of nitrogens with one attached hydrogen (secondary N) is 2. The van der Waals surface area contributed by atoms with Crippen LogP contribution in [0.2, 0.25) is 5.02 Å². The van der Waals surface area contributed by atoms with E-state index in [1.807, 2.05) is 30.3 Å². The highest BCUT2D eigenvalue weighted by atomic mass is 35.5. The molecule has 6 rings (SSSR count). The first-order chi connectivity index (χ1) is 19.4. The van der Waals surface area contributed by atoms with Gasteiger partial charge in [0.25, 0.3) is 5.91 Å². The molecule has 4 N–H and O–H groups in total. The van der Waals surface area contributed by atoms with Crippen molar-refractivity contribution in [3.05, 3.63) is 88.8 Å². The van der Waals surface area contributed by atoms with Crippen LogP contribution in [0.5, 0.6) is 0 Å². The average Bonchev–Trinajstić information content (AvgIpc) is 3.57. The number of imidazole rings is 1. The zero-order chi connectivity index (χ0) is 27.8. The summed E-state index contributed by atoms with van der Waals surface area (Å²) in [6.07, 6.45) is 5.06. The van der Waals surface area contributed by atoms with Crippen LogP contribution >= 0.6 is 11.6 Å². The molecule has 40 heavy (non-hydrogen) atoms. The van der Waals surface area contributed by atoms with E-state index in [0.29, 0.717) is 34.0 Å². The molecule has 1 aromatic heterocycles. The molecule has 0 saturated heterocycles. The highest BCUT2D eigenvalue weighted by Crippen LogP contribution is 2.32. The molecule has 9 heteroatoms. The molecule has 0 unspecified atom stereocenters. The zero-order valence-corrected chi connectivity index (χ0v) is 23.0. The van der Waals surface area contributed by atoms with Gasteiger partial charge in [-0.05, 0) is 66.8 Å². The number of rotatable bonds is 6. The lowest BCUT2D eigenvalue weighted by Crippen LogP contribution is -2.36. The second kappa shape index (κ2) is 10.8. The fourth-order valence-corrected chi connectivity index (χ4v) is 5.80. The van der Waals surface area contributed by atoms with E-state index in [2.05, 4.69) is 33.8 Å². The summed E-state index contributed by atoms with van der Waals surface area (Å²) in [5.41, 5.74) is 11.4. The number of amides is 2. The first-order valence-electron chi connectivity index (χ1n) is 13.6. The molecule has 1 fully saturated rings. The Balaban J connectivity index is 1.31. The van der Waals surface area contributed by atoms with Gasteiger partial charge in [-0.3, -0.25) is 19.1 Å². The lowest BCUT2D eigenvalue weighted by molar-refractivity contribution is -0.114. The Morgan fingerprint density at radius 1 is 1.02 bits per heavy atom. The van der Waals surface area contributed by atoms with Crippen molar-refractivity contribution >= 4 is 40.6 Å². The van der Waals surface area contributed by atoms with Crippen LogP contribution in [0.3, 0.4) is 0 Å². The van der Waals surface area contributed by atoms with E-state index in [1.54, 1.807) is 29.7 Å². The van der Waals surface area contributed by atoms with Gasteiger partial charge in [0.2, 0.25) is 5.91 Å². The van der Waals surface area contributed by atoms with Crippen molar-refractivity contribution in [2.24, 2.45) is 0 Å². The van der Waals surface area contributed by atoms with Gasteiger partial charge in [0.1, 0.15) is 12.4 Å². The van der Waals surface area contributed by atoms with E-state index in [9.17, 15) is 9.59 Å². The lowest BCUT2D eigenvalue weighted by atomic mass is 9.99. The van der Waals surface area contributed by atoms with Crippen molar-refractivity contribution in [2.45, 2.75) is 45.2 Å². The zero-order valence-electron chi connectivity index (χ0n) is 22.3. The van der Waals surface area contributed by atoms with Crippen LogP contribution in [-0.4, -0.2) is 34.0 Å². The van der Waals surface area contributed by atoms with Gasteiger partial charge >= 0.3 is 0 Å². The van der Waals surface area contributed by atoms with Gasteiger partial charge in [-0.2, -0.15) is 0 Å². The van der Waals surface area contributed by atoms with Gasteiger partial charge in [0.15, 0.2) is 11.5 Å². The summed E-state index contributed by atoms with van der Waals surface area (Å²) in [4.78, 5) is 32.8. The minimum Gasteiger partial charge on any atom is -0.397 e. The van der Waals surface area contributed by atoms with Gasteiger partial charge in [-0.25, -0.2) is 4.98 Å². The predicted molar refractivity (Wildman–Crippen MR) is 159 cm³/mol. The number of hydrogen-bond donors (Lipinski definition) is 3. The number of aromatic nitrogens is 2. The summed E-state index contributed by atoms with van der Waals surface area (Å²) >= 11 is 6.13. The van der Waals surface area contributed by atoms with Crippen molar-refractivity contribution in [1.29, 1.82) is 0 Å². The molecule has 2 amide bonds. The number of fused-ring (bicyclic) bond motifs is 1. The SMILES string of the molecule is Cc1nc2c(n1-c1ccc(Cl)c(N)c1)C(=O)N(c1ccc(-c3ccccc3CNC3CCCC3)cc1)CC(=O)N2. The molecule has 8 nitrogen and oxygen atoms in total. The van der Waals surface area contributed by atoms with E-state index >= 15 is 0 Å². The number of nitrogen functional groups attached to an aromatic ring is 1. The average molecular weight is 555 g/mol. The molecule has 204 valence electrons. The Labute approximate surface area is 238 Å². The molecule has 1 aliphatic heterocycles. The molecule has 0 radical (unpaired) electrons. The number of benzene rings is 3. The molecule has 0 bridgehead atoms. The van der Waals surface area contributed by atoms with Gasteiger partial charge in [-0.1, -0.05) is 60.8 Å². The summed E-state index contributed by atoms with van der Waals surface area (Å²) in [7, 11) is 0. The number of carbonyl (C=O) groups is 2. The molecule has 3 aromatic carbocycles. The first-order valence-corrected chi connectivity index (χ1v) is 13.9. The normalized spacial score (nSPS) is 15.7. The maximum Gasteiger partial charge on any atom is 0.279 e. The van der Waals surface area contributed by atoms with Crippen LogP contribution in [0.1, 0.15) is 47.6 Å². The number of aryl methyl sites for hydroxylation is 1. The minimum absolute atomic E-state index is 0.127. The lowest BCUT2D eigenvalue weighted by Gasteiger charge is -2.21. The third-order valence-electron chi connectivity index (χ3n) is 7.73. The molecule has 2 aliphatic rings. The summed E-state index contributed by atoms with van der Waals surface area (Å²) in [5.74, 6) is 0.111. The molecule has 0 atom stereocenters. The number of nitrogens with two attached hydrogens (primary N) is 1. The van der Waals surface area contributed by atoms with Crippen LogP contribution in [0, 0.1) is 6.92 Å². The van der Waals surface area contributed by atoms with E-state index in [4.69, 9.17) is 17.3 Å². The molecule has 1 saturated carbocycles. The van der Waals surface area contributed by atoms with E-state index in [-0.39, 0.29) is 29.9 Å². The second-order valence-corrected chi connectivity index (χ2v) is 10.8. The van der Waals surface area contributed by atoms with Crippen LogP contribution < -0.4 is 21.3 Å². The van der Waals surface area contributed by atoms with Gasteiger partial charge in [-0.15, -0.1) is 0 Å². The van der Waals surface area contributed by atoms with Gasteiger partial charge in [0, 0.05) is 24.0 Å². The predicted octanol–water partition coefficient (Wildman–Crippen LogP) is 5.71. The van der Waals surface area contributed by atoms with Crippen LogP contribution in [0.25, 0.3) is 16.8 Å². The molecule has 1 aliphatic carbocycles. The Morgan fingerprint density at radius 2 is 1.75 bits per heavy atom. The molecular formula is C31H31ClN6O2. The number of halogens is 1. The first kappa shape index (κ1) is 26.1. The highest BCUT2D eigenvalue weighted by Gasteiger charge is 2.33. The van der Waals surface area contributed by atoms with E-state index < -0.39 is 0 Å². The quantitative estimate of drug-likeness (QED) is 0.265. The maximum atomic E-state index is 14.0. The summed E-state index contributed by atoms with van der Waals surface area (Å²) in [6, 6.07) is 21.9. The van der Waals surface area contributed by atoms with Crippen LogP contribution in [-0.2, 0) is 11.3 Å². The number of anilines is 3. The Morgan fingerprint density at radius 3 is 2.50 bits per heavy atom. The van der Waals surface area contributed by atoms with Crippen molar-refractivity contribution in [3.63, 3.8) is 0 Å². The fourth-order valence-electron chi connectivity index (χ4n) is 5.69. The summed E-state index contributed by atoms with van der Waals surface area (Å²) < 4.78 is 1.70. The van der Waals surface area contributed by atoms with Gasteiger partial charge in [0.05, 0.1) is 10.7 Å². The summed E-state index contributed by atoms with van der Waals surface area (Å²) in [5, 5.41) is 6.92. The molecule has 4 aromatic rings. The smallest absolute Gasteiger partial charge is 0.279 e. The fraction of sp³-hybridized carbons (Fsp3) is 0.258. The van der Waals surface area contributed by atoms with Crippen molar-refractivity contribution in [1.82, 2.24) is 14.9 Å². The summed E-state index contributed by atoms with van der Waals surface area (Å²) in [6.45, 7) is 2.46. The monoisotopic (exact) mass is 554 g/mol. The number of carbonyl (C=O) groups excluding carboxylic acids is 2. The van der Waals surface area contributed by atoms with Crippen molar-refractivity contribution in [3.8, 4) is 16.8 Å². The second-order valence-electron chi connectivity index (χ2n) is 10.4. The van der Waals surface area contributed by atoms with E-state index in [0.717, 1.165) is 17.7 Å². The Kier molecular flexibility index (Phi) is 7.04. The molecule has 2 heterocycles. The largest absolute Gasteiger partial charge is 0.397 e. The van der Waals surface area contributed by atoms with Crippen molar-refractivity contribution < 1.29 is 9.59 Å². The van der Waals surface area contributed by atoms with Crippen LogP contribution in [0.4, 0.5) is 17.2 Å². The Bertz CT molecular complexity index is 1590. The maximum absolute atomic E-state index is 14.0. The minimum atomic E-state index is -0.337. The highest BCUT2D eigenvalue weighted by molar-refractivity contribution is 6.33. The standard InChI is InChI=1S/C31H31ClN6O2/c1-19-35-30-29(38(19)24-14-15-26(32)27(33)16-24)31(40)37(18-28(39)36-30)23-12-10-20(11-13-23)25-9-5-2-6-21(25)17-34-22-7-3-4-8-22/h2,5-6,9-16,22,34H,3-4,7-8,17-18,33H2,1H3,(H,36,39). The van der Waals surface area contributed by atoms with Crippen molar-refractivity contribution in [2.75, 3.05) is 22.5 Å². The van der Waals surface area contributed by atoms with E-state index in [1.165, 1.54) is 36.1 Å².